The van der Waals surface area contributed by atoms with Gasteiger partial charge in [-0.1, -0.05) is 36.4 Å². The molecule has 0 spiro atoms. The van der Waals surface area contributed by atoms with E-state index in [1.54, 1.807) is 7.05 Å². The fourth-order valence-corrected chi connectivity index (χ4v) is 2.42. The van der Waals surface area contributed by atoms with Gasteiger partial charge in [0, 0.05) is 18.1 Å². The highest BCUT2D eigenvalue weighted by molar-refractivity contribution is 6.10. The Morgan fingerprint density at radius 2 is 1.84 bits per heavy atom. The van der Waals surface area contributed by atoms with Crippen molar-refractivity contribution in [3.8, 4) is 0 Å². The van der Waals surface area contributed by atoms with Gasteiger partial charge < -0.3 is 5.32 Å². The molecule has 2 aromatic carbocycles. The average molecular weight is 250 g/mol. The predicted octanol–water partition coefficient (Wildman–Crippen LogP) is 3.06. The zero-order chi connectivity index (χ0) is 13.4. The number of carbonyl (C=O) groups is 1. The molecular formula is C16H14N2O. The summed E-state index contributed by atoms with van der Waals surface area (Å²) in [5.41, 5.74) is 1.34. The van der Waals surface area contributed by atoms with Crippen LogP contribution in [0.4, 0.5) is 0 Å². The minimum atomic E-state index is -0.155. The van der Waals surface area contributed by atoms with Crippen LogP contribution in [0.3, 0.4) is 0 Å². The van der Waals surface area contributed by atoms with Crippen molar-refractivity contribution in [3.63, 3.8) is 0 Å². The van der Waals surface area contributed by atoms with Gasteiger partial charge in [0.25, 0.3) is 5.91 Å². The van der Waals surface area contributed by atoms with E-state index in [0.29, 0.717) is 5.69 Å². The number of carbonyl (C=O) groups excluding carboxylic acids is 1. The number of hydrogen-bond acceptors (Lipinski definition) is 2. The molecule has 0 fully saturated rings. The summed E-state index contributed by atoms with van der Waals surface area (Å²) in [6, 6.07) is 14.2. The van der Waals surface area contributed by atoms with E-state index in [2.05, 4.69) is 34.6 Å². The molecule has 3 rings (SSSR count). The molecule has 0 bridgehead atoms. The van der Waals surface area contributed by atoms with E-state index in [0.717, 1.165) is 21.9 Å². The number of nitrogens with one attached hydrogen (secondary N) is 1. The summed E-state index contributed by atoms with van der Waals surface area (Å²) < 4.78 is 0. The summed E-state index contributed by atoms with van der Waals surface area (Å²) in [6.07, 6.45) is 0. The normalized spacial score (nSPS) is 10.8. The van der Waals surface area contributed by atoms with E-state index in [-0.39, 0.29) is 5.91 Å². The zero-order valence-corrected chi connectivity index (χ0v) is 10.9. The van der Waals surface area contributed by atoms with Gasteiger partial charge in [-0.3, -0.25) is 4.79 Å². The molecule has 0 saturated heterocycles. The molecule has 1 heterocycles. The minimum absolute atomic E-state index is 0.155. The monoisotopic (exact) mass is 250 g/mol. The molecule has 19 heavy (non-hydrogen) atoms. The van der Waals surface area contributed by atoms with Gasteiger partial charge >= 0.3 is 0 Å². The van der Waals surface area contributed by atoms with E-state index in [1.165, 1.54) is 5.39 Å². The molecule has 1 aromatic heterocycles. The van der Waals surface area contributed by atoms with E-state index in [1.807, 2.05) is 25.1 Å². The first-order valence-electron chi connectivity index (χ1n) is 6.22. The molecular weight excluding hydrogens is 236 g/mol. The van der Waals surface area contributed by atoms with Crippen LogP contribution in [0, 0.1) is 6.92 Å². The zero-order valence-electron chi connectivity index (χ0n) is 10.9. The number of aryl methyl sites for hydroxylation is 1. The molecule has 3 heteroatoms. The van der Waals surface area contributed by atoms with E-state index >= 15 is 0 Å². The molecule has 0 aliphatic rings. The highest BCUT2D eigenvalue weighted by Gasteiger charge is 2.10. The van der Waals surface area contributed by atoms with Gasteiger partial charge in [0.15, 0.2) is 0 Å². The topological polar surface area (TPSA) is 42.0 Å². The van der Waals surface area contributed by atoms with Crippen LogP contribution in [0.5, 0.6) is 0 Å². The van der Waals surface area contributed by atoms with Crippen LogP contribution >= 0.6 is 0 Å². The lowest BCUT2D eigenvalue weighted by Gasteiger charge is -2.08. The summed E-state index contributed by atoms with van der Waals surface area (Å²) in [6.45, 7) is 1.93. The Morgan fingerprint density at radius 1 is 1.05 bits per heavy atom. The number of hydrogen-bond donors (Lipinski definition) is 1. The number of fused-ring (bicyclic) bond motifs is 3. The van der Waals surface area contributed by atoms with Crippen molar-refractivity contribution >= 4 is 27.5 Å². The summed E-state index contributed by atoms with van der Waals surface area (Å²) in [5, 5.41) is 7.10. The Morgan fingerprint density at radius 3 is 2.63 bits per heavy atom. The quantitative estimate of drug-likeness (QED) is 0.674. The van der Waals surface area contributed by atoms with E-state index < -0.39 is 0 Å². The number of aromatic nitrogens is 1. The lowest BCUT2D eigenvalue weighted by atomic mass is 10.0. The summed E-state index contributed by atoms with van der Waals surface area (Å²) in [4.78, 5) is 16.1. The number of amides is 1. The molecule has 0 saturated carbocycles. The minimum Gasteiger partial charge on any atom is -0.354 e. The molecule has 0 atom stereocenters. The predicted molar refractivity (Wildman–Crippen MR) is 77.4 cm³/mol. The maximum absolute atomic E-state index is 11.8. The van der Waals surface area contributed by atoms with Gasteiger partial charge in [0.05, 0.1) is 0 Å². The maximum Gasteiger partial charge on any atom is 0.269 e. The van der Waals surface area contributed by atoms with Crippen molar-refractivity contribution in [1.29, 1.82) is 0 Å². The largest absolute Gasteiger partial charge is 0.354 e. The highest BCUT2D eigenvalue weighted by atomic mass is 16.1. The third-order valence-electron chi connectivity index (χ3n) is 3.39. The van der Waals surface area contributed by atoms with Crippen molar-refractivity contribution in [2.45, 2.75) is 6.92 Å². The van der Waals surface area contributed by atoms with Crippen LogP contribution in [0.15, 0.2) is 42.5 Å². The fraction of sp³-hybridized carbons (Fsp3) is 0.125. The Labute approximate surface area is 111 Å². The second kappa shape index (κ2) is 4.35. The molecule has 1 N–H and O–H groups in total. The van der Waals surface area contributed by atoms with Crippen LogP contribution in [-0.2, 0) is 0 Å². The SMILES string of the molecule is CNC(=O)c1cc2c(ccc3ccccc32)c(C)n1. The Hall–Kier alpha value is -2.42. The summed E-state index contributed by atoms with van der Waals surface area (Å²) in [7, 11) is 1.62. The van der Waals surface area contributed by atoms with Crippen LogP contribution in [-0.4, -0.2) is 17.9 Å². The van der Waals surface area contributed by atoms with Crippen LogP contribution in [0.25, 0.3) is 21.5 Å². The molecule has 94 valence electrons. The second-order valence-electron chi connectivity index (χ2n) is 4.55. The molecule has 0 aliphatic heterocycles. The molecule has 3 aromatic rings. The molecule has 0 unspecified atom stereocenters. The van der Waals surface area contributed by atoms with Crippen molar-refractivity contribution in [3.05, 3.63) is 53.9 Å². The molecule has 1 amide bonds. The smallest absolute Gasteiger partial charge is 0.269 e. The van der Waals surface area contributed by atoms with Crippen LogP contribution in [0.2, 0.25) is 0 Å². The number of rotatable bonds is 1. The molecule has 3 nitrogen and oxygen atoms in total. The van der Waals surface area contributed by atoms with Crippen molar-refractivity contribution in [1.82, 2.24) is 10.3 Å². The van der Waals surface area contributed by atoms with Crippen molar-refractivity contribution in [2.24, 2.45) is 0 Å². The van der Waals surface area contributed by atoms with Gasteiger partial charge in [-0.15, -0.1) is 0 Å². The van der Waals surface area contributed by atoms with Gasteiger partial charge in [0.1, 0.15) is 5.69 Å². The fourth-order valence-electron chi connectivity index (χ4n) is 2.42. The van der Waals surface area contributed by atoms with E-state index in [9.17, 15) is 4.79 Å². The van der Waals surface area contributed by atoms with Crippen molar-refractivity contribution < 1.29 is 4.79 Å². The van der Waals surface area contributed by atoms with Crippen LogP contribution < -0.4 is 5.32 Å². The molecule has 0 aliphatic carbocycles. The van der Waals surface area contributed by atoms with Gasteiger partial charge in [-0.25, -0.2) is 4.98 Å². The average Bonchev–Trinajstić information content (AvgIpc) is 2.46. The third kappa shape index (κ3) is 1.83. The number of benzene rings is 2. The first kappa shape index (κ1) is 11.7. The van der Waals surface area contributed by atoms with Gasteiger partial charge in [-0.2, -0.15) is 0 Å². The highest BCUT2D eigenvalue weighted by Crippen LogP contribution is 2.27. The second-order valence-corrected chi connectivity index (χ2v) is 4.55. The Balaban J connectivity index is 2.43. The lowest BCUT2D eigenvalue weighted by Crippen LogP contribution is -2.19. The standard InChI is InChI=1S/C16H14N2O/c1-10-12-8-7-11-5-3-4-6-13(11)14(12)9-15(18-10)16(19)17-2/h3-9H,1-2H3,(H,17,19). The maximum atomic E-state index is 11.8. The third-order valence-corrected chi connectivity index (χ3v) is 3.39. The van der Waals surface area contributed by atoms with Gasteiger partial charge in [-0.05, 0) is 29.1 Å². The summed E-state index contributed by atoms with van der Waals surface area (Å²) in [5.74, 6) is -0.155. The number of nitrogens with zero attached hydrogens (tertiary/aromatic N) is 1. The lowest BCUT2D eigenvalue weighted by molar-refractivity contribution is 0.0958. The van der Waals surface area contributed by atoms with Crippen molar-refractivity contribution in [2.75, 3.05) is 7.05 Å². The van der Waals surface area contributed by atoms with Crippen LogP contribution in [0.1, 0.15) is 16.2 Å². The Bertz CT molecular complexity index is 793. The number of pyridine rings is 1. The Kier molecular flexibility index (Phi) is 2.67. The first-order chi connectivity index (χ1) is 9.20. The molecule has 0 radical (unpaired) electrons. The van der Waals surface area contributed by atoms with Gasteiger partial charge in [0.2, 0.25) is 0 Å². The van der Waals surface area contributed by atoms with E-state index in [4.69, 9.17) is 0 Å². The summed E-state index contributed by atoms with van der Waals surface area (Å²) >= 11 is 0. The first-order valence-corrected chi connectivity index (χ1v) is 6.22.